The van der Waals surface area contributed by atoms with E-state index >= 15 is 0 Å². The number of piperidine rings is 1. The molecule has 0 spiro atoms. The van der Waals surface area contributed by atoms with Gasteiger partial charge in [-0.15, -0.1) is 0 Å². The van der Waals surface area contributed by atoms with Crippen LogP contribution in [-0.4, -0.2) is 49.7 Å². The van der Waals surface area contributed by atoms with Gasteiger partial charge in [-0.3, -0.25) is 4.79 Å². The first-order chi connectivity index (χ1) is 9.19. The van der Waals surface area contributed by atoms with Crippen molar-refractivity contribution in [1.29, 1.82) is 0 Å². The van der Waals surface area contributed by atoms with Crippen molar-refractivity contribution in [1.82, 2.24) is 10.2 Å². The molecule has 1 N–H and O–H groups in total. The first-order valence-corrected chi connectivity index (χ1v) is 7.70. The summed E-state index contributed by atoms with van der Waals surface area (Å²) in [7, 11) is 1.69. The normalized spacial score (nSPS) is 21.1. The summed E-state index contributed by atoms with van der Waals surface area (Å²) in [4.78, 5) is 14.3. The minimum absolute atomic E-state index is 0.277. The summed E-state index contributed by atoms with van der Waals surface area (Å²) in [5, 5.41) is 3.50. The Morgan fingerprint density at radius 1 is 1.47 bits per heavy atom. The van der Waals surface area contributed by atoms with Crippen LogP contribution in [0.5, 0.6) is 0 Å². The van der Waals surface area contributed by atoms with Crippen LogP contribution >= 0.6 is 0 Å². The molecule has 19 heavy (non-hydrogen) atoms. The van der Waals surface area contributed by atoms with E-state index in [4.69, 9.17) is 4.74 Å². The predicted molar refractivity (Wildman–Crippen MR) is 78.2 cm³/mol. The molecule has 0 aromatic rings. The summed E-state index contributed by atoms with van der Waals surface area (Å²) in [5.74, 6) is 0.277. The fraction of sp³-hybridized carbons (Fsp3) is 0.933. The van der Waals surface area contributed by atoms with Crippen molar-refractivity contribution in [3.63, 3.8) is 0 Å². The van der Waals surface area contributed by atoms with Crippen molar-refractivity contribution in [3.05, 3.63) is 0 Å². The van der Waals surface area contributed by atoms with Gasteiger partial charge in [0.15, 0.2) is 0 Å². The molecule has 0 aromatic heterocycles. The number of amides is 1. The molecule has 0 aliphatic carbocycles. The summed E-state index contributed by atoms with van der Waals surface area (Å²) in [6.45, 7) is 6.69. The molecule has 0 bridgehead atoms. The van der Waals surface area contributed by atoms with E-state index in [-0.39, 0.29) is 5.91 Å². The van der Waals surface area contributed by atoms with Crippen molar-refractivity contribution >= 4 is 5.91 Å². The molecule has 112 valence electrons. The van der Waals surface area contributed by atoms with Gasteiger partial charge >= 0.3 is 0 Å². The lowest BCUT2D eigenvalue weighted by Crippen LogP contribution is -2.41. The highest BCUT2D eigenvalue weighted by molar-refractivity contribution is 5.76. The van der Waals surface area contributed by atoms with E-state index in [1.165, 1.54) is 19.3 Å². The Bertz CT molecular complexity index is 253. The van der Waals surface area contributed by atoms with Crippen LogP contribution in [0.3, 0.4) is 0 Å². The molecular formula is C15H30N2O2. The summed E-state index contributed by atoms with van der Waals surface area (Å²) in [6, 6.07) is 0.848. The summed E-state index contributed by atoms with van der Waals surface area (Å²) in [6.07, 6.45) is 6.41. The molecule has 2 atom stereocenters. The number of carbonyl (C=O) groups excluding carboxylic acids is 1. The van der Waals surface area contributed by atoms with Crippen LogP contribution in [0.4, 0.5) is 0 Å². The van der Waals surface area contributed by atoms with E-state index in [1.807, 2.05) is 4.90 Å². The van der Waals surface area contributed by atoms with E-state index in [1.54, 1.807) is 7.11 Å². The van der Waals surface area contributed by atoms with Gasteiger partial charge in [0.2, 0.25) is 5.91 Å². The lowest BCUT2D eigenvalue weighted by Gasteiger charge is -2.30. The van der Waals surface area contributed by atoms with Gasteiger partial charge in [0.1, 0.15) is 0 Å². The van der Waals surface area contributed by atoms with Gasteiger partial charge in [0, 0.05) is 32.2 Å². The van der Waals surface area contributed by atoms with Gasteiger partial charge < -0.3 is 15.0 Å². The molecule has 4 heteroatoms. The average Bonchev–Trinajstić information content (AvgIpc) is 2.46. The maximum Gasteiger partial charge on any atom is 0.222 e. The Balaban J connectivity index is 2.37. The van der Waals surface area contributed by atoms with Gasteiger partial charge in [-0.05, 0) is 39.2 Å². The second-order valence-corrected chi connectivity index (χ2v) is 5.52. The number of nitrogens with one attached hydrogen (secondary N) is 1. The van der Waals surface area contributed by atoms with Crippen LogP contribution in [0.1, 0.15) is 52.4 Å². The van der Waals surface area contributed by atoms with Gasteiger partial charge in [-0.2, -0.15) is 0 Å². The van der Waals surface area contributed by atoms with Crippen LogP contribution in [0, 0.1) is 0 Å². The number of rotatable bonds is 8. The third kappa shape index (κ3) is 5.91. The number of carbonyl (C=O) groups is 1. The molecule has 2 unspecified atom stereocenters. The molecule has 1 aliphatic heterocycles. The topological polar surface area (TPSA) is 41.6 Å². The van der Waals surface area contributed by atoms with Crippen LogP contribution < -0.4 is 5.32 Å². The highest BCUT2D eigenvalue weighted by Crippen LogP contribution is 2.14. The van der Waals surface area contributed by atoms with Gasteiger partial charge in [-0.25, -0.2) is 0 Å². The average molecular weight is 270 g/mol. The molecule has 1 saturated heterocycles. The Morgan fingerprint density at radius 2 is 2.26 bits per heavy atom. The fourth-order valence-corrected chi connectivity index (χ4v) is 2.61. The highest BCUT2D eigenvalue weighted by atomic mass is 16.5. The first-order valence-electron chi connectivity index (χ1n) is 7.70. The lowest BCUT2D eigenvalue weighted by molar-refractivity contribution is -0.134. The van der Waals surface area contributed by atoms with E-state index in [0.717, 1.165) is 19.4 Å². The van der Waals surface area contributed by atoms with Crippen molar-refractivity contribution < 1.29 is 9.53 Å². The minimum atomic E-state index is 0.277. The number of nitrogens with zero attached hydrogens (tertiary/aromatic N) is 1. The standard InChI is InChI=1S/C15H30N2O2/c1-4-13(2)17(11-12-19-3)15(18)9-8-14-7-5-6-10-16-14/h13-14,16H,4-12H2,1-3H3. The molecule has 1 aliphatic rings. The van der Waals surface area contributed by atoms with Crippen LogP contribution in [0.25, 0.3) is 0 Å². The Labute approximate surface area is 117 Å². The summed E-state index contributed by atoms with van der Waals surface area (Å²) in [5.41, 5.74) is 0. The molecule has 0 saturated carbocycles. The zero-order valence-electron chi connectivity index (χ0n) is 12.8. The van der Waals surface area contributed by atoms with Crippen LogP contribution in [0.2, 0.25) is 0 Å². The number of hydrogen-bond acceptors (Lipinski definition) is 3. The van der Waals surface area contributed by atoms with Crippen molar-refractivity contribution in [3.8, 4) is 0 Å². The fourth-order valence-electron chi connectivity index (χ4n) is 2.61. The van der Waals surface area contributed by atoms with Gasteiger partial charge in [0.25, 0.3) is 0 Å². The smallest absolute Gasteiger partial charge is 0.222 e. The minimum Gasteiger partial charge on any atom is -0.383 e. The second-order valence-electron chi connectivity index (χ2n) is 5.52. The Morgan fingerprint density at radius 3 is 2.84 bits per heavy atom. The maximum atomic E-state index is 12.3. The molecule has 1 rings (SSSR count). The van der Waals surface area contributed by atoms with Crippen molar-refractivity contribution in [2.24, 2.45) is 0 Å². The first kappa shape index (κ1) is 16.4. The zero-order chi connectivity index (χ0) is 14.1. The van der Waals surface area contributed by atoms with Crippen LogP contribution in [0.15, 0.2) is 0 Å². The molecule has 4 nitrogen and oxygen atoms in total. The quantitative estimate of drug-likeness (QED) is 0.735. The molecule has 1 fully saturated rings. The van der Waals surface area contributed by atoms with Crippen molar-refractivity contribution in [2.45, 2.75) is 64.5 Å². The van der Waals surface area contributed by atoms with Crippen LogP contribution in [-0.2, 0) is 9.53 Å². The largest absolute Gasteiger partial charge is 0.383 e. The molecule has 0 radical (unpaired) electrons. The predicted octanol–water partition coefficient (Wildman–Crippen LogP) is 2.18. The van der Waals surface area contributed by atoms with Crippen molar-refractivity contribution in [2.75, 3.05) is 26.8 Å². The Hall–Kier alpha value is -0.610. The molecule has 1 amide bonds. The third-order valence-electron chi connectivity index (χ3n) is 4.10. The van der Waals surface area contributed by atoms with Gasteiger partial charge in [0.05, 0.1) is 6.61 Å². The number of methoxy groups -OCH3 is 1. The molecule has 0 aromatic carbocycles. The van der Waals surface area contributed by atoms with E-state index < -0.39 is 0 Å². The van der Waals surface area contributed by atoms with E-state index in [0.29, 0.717) is 31.7 Å². The van der Waals surface area contributed by atoms with E-state index in [2.05, 4.69) is 19.2 Å². The number of ether oxygens (including phenoxy) is 1. The number of hydrogen-bond donors (Lipinski definition) is 1. The SMILES string of the molecule is CCC(C)N(CCOC)C(=O)CCC1CCCCN1. The molecular weight excluding hydrogens is 240 g/mol. The maximum absolute atomic E-state index is 12.3. The van der Waals surface area contributed by atoms with Gasteiger partial charge in [-0.1, -0.05) is 13.3 Å². The summed E-state index contributed by atoms with van der Waals surface area (Å²) >= 11 is 0. The van der Waals surface area contributed by atoms with E-state index in [9.17, 15) is 4.79 Å². The Kier molecular flexibility index (Phi) is 8.07. The highest BCUT2D eigenvalue weighted by Gasteiger charge is 2.20. The zero-order valence-corrected chi connectivity index (χ0v) is 12.8. The third-order valence-corrected chi connectivity index (χ3v) is 4.10. The monoisotopic (exact) mass is 270 g/mol. The molecule has 1 heterocycles. The lowest BCUT2D eigenvalue weighted by atomic mass is 10.00. The second kappa shape index (κ2) is 9.32. The summed E-state index contributed by atoms with van der Waals surface area (Å²) < 4.78 is 5.11.